The minimum atomic E-state index is -0.522. The van der Waals surface area contributed by atoms with Crippen molar-refractivity contribution in [2.24, 2.45) is 5.73 Å². The number of nitrogens with zero attached hydrogens (tertiary/aromatic N) is 2. The summed E-state index contributed by atoms with van der Waals surface area (Å²) in [7, 11) is 0. The molecule has 0 aliphatic heterocycles. The zero-order valence-corrected chi connectivity index (χ0v) is 11.4. The normalized spacial score (nSPS) is 11.9. The molecule has 7 heteroatoms. The summed E-state index contributed by atoms with van der Waals surface area (Å²) in [6.07, 6.45) is 1.61. The maximum Gasteiger partial charge on any atom is 0.271 e. The fraction of sp³-hybridized carbons (Fsp3) is 0.154. The Morgan fingerprint density at radius 2 is 2.15 bits per heavy atom. The van der Waals surface area contributed by atoms with Crippen LogP contribution >= 0.6 is 11.6 Å². The lowest BCUT2D eigenvalue weighted by Crippen LogP contribution is -2.05. The average molecular weight is 294 g/mol. The molecule has 1 atom stereocenters. The van der Waals surface area contributed by atoms with Crippen molar-refractivity contribution in [1.82, 2.24) is 4.98 Å². The summed E-state index contributed by atoms with van der Waals surface area (Å²) >= 11 is 5.93. The molecule has 0 amide bonds. The molecule has 1 heterocycles. The second kappa shape index (κ2) is 5.85. The molecule has 0 saturated heterocycles. The number of rotatable bonds is 4. The standard InChI is InChI=1S/C13H12ClN3O3/c1-8(15)9-2-5-13(16-7-9)20-12-4-3-10(17(18)19)6-11(12)14/h2-8H,15H2,1H3/t8-/m1/s1. The van der Waals surface area contributed by atoms with Crippen molar-refractivity contribution in [1.29, 1.82) is 0 Å². The number of benzene rings is 1. The zero-order chi connectivity index (χ0) is 14.7. The summed E-state index contributed by atoms with van der Waals surface area (Å²) in [5, 5.41) is 10.8. The lowest BCUT2D eigenvalue weighted by Gasteiger charge is -2.08. The van der Waals surface area contributed by atoms with Gasteiger partial charge >= 0.3 is 0 Å². The summed E-state index contributed by atoms with van der Waals surface area (Å²) in [5.41, 5.74) is 6.51. The van der Waals surface area contributed by atoms with Crippen molar-refractivity contribution in [2.75, 3.05) is 0 Å². The fourth-order valence-corrected chi connectivity index (χ4v) is 1.73. The van der Waals surface area contributed by atoms with E-state index in [1.54, 1.807) is 18.3 Å². The van der Waals surface area contributed by atoms with Gasteiger partial charge in [0.2, 0.25) is 5.88 Å². The molecular formula is C13H12ClN3O3. The molecule has 0 aliphatic rings. The third-order valence-electron chi connectivity index (χ3n) is 2.63. The van der Waals surface area contributed by atoms with Crippen LogP contribution in [0.3, 0.4) is 0 Å². The predicted octanol–water partition coefficient (Wildman–Crippen LogP) is 3.46. The Bertz CT molecular complexity index is 629. The second-order valence-corrected chi connectivity index (χ2v) is 4.60. The van der Waals surface area contributed by atoms with E-state index in [4.69, 9.17) is 22.1 Å². The Labute approximate surface area is 120 Å². The molecule has 0 unspecified atom stereocenters. The molecule has 1 aromatic carbocycles. The molecule has 104 valence electrons. The Hall–Kier alpha value is -2.18. The van der Waals surface area contributed by atoms with E-state index in [-0.39, 0.29) is 16.8 Å². The van der Waals surface area contributed by atoms with Crippen molar-refractivity contribution >= 4 is 17.3 Å². The largest absolute Gasteiger partial charge is 0.437 e. The number of ether oxygens (including phenoxy) is 1. The highest BCUT2D eigenvalue weighted by Crippen LogP contribution is 2.31. The molecule has 0 bridgehead atoms. The van der Waals surface area contributed by atoms with Crippen molar-refractivity contribution in [2.45, 2.75) is 13.0 Å². The van der Waals surface area contributed by atoms with Gasteiger partial charge in [-0.05, 0) is 18.6 Å². The lowest BCUT2D eigenvalue weighted by atomic mass is 10.2. The number of hydrogen-bond donors (Lipinski definition) is 1. The van der Waals surface area contributed by atoms with Crippen LogP contribution < -0.4 is 10.5 Å². The van der Waals surface area contributed by atoms with Crippen LogP contribution in [0.2, 0.25) is 5.02 Å². The highest BCUT2D eigenvalue weighted by Gasteiger charge is 2.11. The Kier molecular flexibility index (Phi) is 4.16. The van der Waals surface area contributed by atoms with E-state index < -0.39 is 4.92 Å². The Morgan fingerprint density at radius 3 is 2.65 bits per heavy atom. The second-order valence-electron chi connectivity index (χ2n) is 4.19. The maximum absolute atomic E-state index is 10.6. The van der Waals surface area contributed by atoms with E-state index in [1.165, 1.54) is 18.2 Å². The third kappa shape index (κ3) is 3.23. The van der Waals surface area contributed by atoms with Crippen molar-refractivity contribution in [3.05, 3.63) is 57.2 Å². The predicted molar refractivity (Wildman–Crippen MR) is 75.0 cm³/mol. The molecule has 20 heavy (non-hydrogen) atoms. The van der Waals surface area contributed by atoms with E-state index in [0.29, 0.717) is 11.6 Å². The highest BCUT2D eigenvalue weighted by molar-refractivity contribution is 6.32. The number of nitrogens with two attached hydrogens (primary N) is 1. The van der Waals surface area contributed by atoms with Crippen LogP contribution in [0.5, 0.6) is 11.6 Å². The Balaban J connectivity index is 2.19. The quantitative estimate of drug-likeness (QED) is 0.688. The van der Waals surface area contributed by atoms with Gasteiger partial charge in [-0.3, -0.25) is 10.1 Å². The first-order valence-electron chi connectivity index (χ1n) is 5.80. The first kappa shape index (κ1) is 14.2. The topological polar surface area (TPSA) is 91.3 Å². The maximum atomic E-state index is 10.6. The summed E-state index contributed by atoms with van der Waals surface area (Å²) in [5.74, 6) is 0.642. The van der Waals surface area contributed by atoms with Gasteiger partial charge in [-0.2, -0.15) is 0 Å². The summed E-state index contributed by atoms with van der Waals surface area (Å²) in [4.78, 5) is 14.2. The van der Waals surface area contributed by atoms with Crippen LogP contribution in [0.4, 0.5) is 5.69 Å². The molecule has 1 aromatic heterocycles. The molecule has 0 saturated carbocycles. The van der Waals surface area contributed by atoms with Crippen molar-refractivity contribution < 1.29 is 9.66 Å². The minimum absolute atomic E-state index is 0.0948. The molecule has 2 N–H and O–H groups in total. The van der Waals surface area contributed by atoms with Gasteiger partial charge in [0.1, 0.15) is 5.75 Å². The zero-order valence-electron chi connectivity index (χ0n) is 10.6. The van der Waals surface area contributed by atoms with E-state index >= 15 is 0 Å². The van der Waals surface area contributed by atoms with Gasteiger partial charge in [0.15, 0.2) is 0 Å². The summed E-state index contributed by atoms with van der Waals surface area (Å²) in [6.45, 7) is 1.85. The van der Waals surface area contributed by atoms with Gasteiger partial charge < -0.3 is 10.5 Å². The number of nitro groups is 1. The highest BCUT2D eigenvalue weighted by atomic mass is 35.5. The van der Waals surface area contributed by atoms with Crippen LogP contribution in [-0.4, -0.2) is 9.91 Å². The first-order valence-corrected chi connectivity index (χ1v) is 6.18. The summed E-state index contributed by atoms with van der Waals surface area (Å²) < 4.78 is 5.47. The van der Waals surface area contributed by atoms with Crippen molar-refractivity contribution in [3.8, 4) is 11.6 Å². The molecule has 2 rings (SSSR count). The van der Waals surface area contributed by atoms with Crippen LogP contribution in [0, 0.1) is 10.1 Å². The van der Waals surface area contributed by atoms with Gasteiger partial charge in [-0.25, -0.2) is 4.98 Å². The smallest absolute Gasteiger partial charge is 0.271 e. The molecule has 0 fully saturated rings. The van der Waals surface area contributed by atoms with E-state index in [2.05, 4.69) is 4.98 Å². The van der Waals surface area contributed by atoms with Gasteiger partial charge in [-0.15, -0.1) is 0 Å². The minimum Gasteiger partial charge on any atom is -0.437 e. The van der Waals surface area contributed by atoms with Crippen LogP contribution in [0.25, 0.3) is 0 Å². The number of nitro benzene ring substituents is 1. The fourth-order valence-electron chi connectivity index (χ4n) is 1.52. The number of non-ortho nitro benzene ring substituents is 1. The first-order chi connectivity index (χ1) is 9.47. The van der Waals surface area contributed by atoms with Gasteiger partial charge in [0.25, 0.3) is 5.69 Å². The SMILES string of the molecule is C[C@@H](N)c1ccc(Oc2ccc([N+](=O)[O-])cc2Cl)nc1. The average Bonchev–Trinajstić information content (AvgIpc) is 2.41. The van der Waals surface area contributed by atoms with Crippen LogP contribution in [0.1, 0.15) is 18.5 Å². The molecule has 0 aliphatic carbocycles. The monoisotopic (exact) mass is 293 g/mol. The molecule has 0 radical (unpaired) electrons. The van der Waals surface area contributed by atoms with Gasteiger partial charge in [-0.1, -0.05) is 17.7 Å². The molecule has 6 nitrogen and oxygen atoms in total. The van der Waals surface area contributed by atoms with Crippen molar-refractivity contribution in [3.63, 3.8) is 0 Å². The van der Waals surface area contributed by atoms with Gasteiger partial charge in [0, 0.05) is 30.4 Å². The van der Waals surface area contributed by atoms with E-state index in [0.717, 1.165) is 5.56 Å². The van der Waals surface area contributed by atoms with Crippen LogP contribution in [0.15, 0.2) is 36.5 Å². The Morgan fingerprint density at radius 1 is 1.40 bits per heavy atom. The third-order valence-corrected chi connectivity index (χ3v) is 2.92. The number of halogens is 1. The van der Waals surface area contributed by atoms with E-state index in [1.807, 2.05) is 6.92 Å². The molecule has 2 aromatic rings. The number of hydrogen-bond acceptors (Lipinski definition) is 5. The van der Waals surface area contributed by atoms with Crippen LogP contribution in [-0.2, 0) is 0 Å². The summed E-state index contributed by atoms with van der Waals surface area (Å²) in [6, 6.07) is 7.33. The molecule has 0 spiro atoms. The molecular weight excluding hydrogens is 282 g/mol. The number of pyridine rings is 1. The van der Waals surface area contributed by atoms with Gasteiger partial charge in [0.05, 0.1) is 9.95 Å². The number of aromatic nitrogens is 1. The van der Waals surface area contributed by atoms with E-state index in [9.17, 15) is 10.1 Å². The lowest BCUT2D eigenvalue weighted by molar-refractivity contribution is -0.384.